The highest BCUT2D eigenvalue weighted by Gasteiger charge is 2.44. The number of nitrogens with zero attached hydrogens (tertiary/aromatic N) is 1. The van der Waals surface area contributed by atoms with Crippen molar-refractivity contribution >= 4 is 22.7 Å². The second kappa shape index (κ2) is 7.29. The molecule has 27 heavy (non-hydrogen) atoms. The van der Waals surface area contributed by atoms with Crippen molar-refractivity contribution in [1.82, 2.24) is 4.90 Å². The van der Waals surface area contributed by atoms with Crippen molar-refractivity contribution in [2.45, 2.75) is 45.0 Å². The van der Waals surface area contributed by atoms with Gasteiger partial charge in [0.25, 0.3) is 0 Å². The van der Waals surface area contributed by atoms with E-state index in [2.05, 4.69) is 0 Å². The molecule has 0 aliphatic carbocycles. The van der Waals surface area contributed by atoms with E-state index in [1.807, 2.05) is 42.5 Å². The zero-order chi connectivity index (χ0) is 19.8. The SMILES string of the molecule is CC(C)(C)OC(=O)[C@H]1CCN([C@@H](C(=O)O)c2ccc3ccccc3c2)[C@H]1N. The number of hydrogen-bond donors (Lipinski definition) is 2. The van der Waals surface area contributed by atoms with Crippen molar-refractivity contribution in [3.63, 3.8) is 0 Å². The van der Waals surface area contributed by atoms with E-state index in [1.165, 1.54) is 0 Å². The predicted octanol–water partition coefficient (Wildman–Crippen LogP) is 2.91. The molecule has 1 aliphatic heterocycles. The van der Waals surface area contributed by atoms with Crippen LogP contribution in [0.5, 0.6) is 0 Å². The molecule has 0 aromatic heterocycles. The van der Waals surface area contributed by atoms with Crippen molar-refractivity contribution in [2.24, 2.45) is 11.7 Å². The minimum atomic E-state index is -0.981. The third-order valence-electron chi connectivity index (χ3n) is 4.86. The Hall–Kier alpha value is -2.44. The molecular formula is C21H26N2O4. The van der Waals surface area contributed by atoms with Crippen LogP contribution in [0.25, 0.3) is 10.8 Å². The average molecular weight is 370 g/mol. The number of rotatable bonds is 4. The van der Waals surface area contributed by atoms with Crippen LogP contribution in [0.3, 0.4) is 0 Å². The number of benzene rings is 2. The fourth-order valence-electron chi connectivity index (χ4n) is 3.63. The fraction of sp³-hybridized carbons (Fsp3) is 0.429. The van der Waals surface area contributed by atoms with E-state index in [4.69, 9.17) is 10.5 Å². The highest BCUT2D eigenvalue weighted by molar-refractivity contribution is 5.85. The molecule has 3 atom stereocenters. The van der Waals surface area contributed by atoms with Crippen LogP contribution >= 0.6 is 0 Å². The minimum absolute atomic E-state index is 0.375. The van der Waals surface area contributed by atoms with Gasteiger partial charge in [-0.25, -0.2) is 0 Å². The molecule has 0 saturated carbocycles. The summed E-state index contributed by atoms with van der Waals surface area (Å²) in [6.45, 7) is 5.84. The molecule has 6 nitrogen and oxygen atoms in total. The Labute approximate surface area is 158 Å². The highest BCUT2D eigenvalue weighted by Crippen LogP contribution is 2.33. The Balaban J connectivity index is 1.87. The zero-order valence-electron chi connectivity index (χ0n) is 15.9. The molecule has 0 bridgehead atoms. The maximum Gasteiger partial charge on any atom is 0.325 e. The maximum atomic E-state index is 12.4. The summed E-state index contributed by atoms with van der Waals surface area (Å²) in [5.74, 6) is -1.89. The van der Waals surface area contributed by atoms with Crippen LogP contribution in [0.15, 0.2) is 42.5 Å². The van der Waals surface area contributed by atoms with Crippen LogP contribution in [0.2, 0.25) is 0 Å². The van der Waals surface area contributed by atoms with Gasteiger partial charge in [-0.2, -0.15) is 0 Å². The topological polar surface area (TPSA) is 92.9 Å². The molecular weight excluding hydrogens is 344 g/mol. The fourth-order valence-corrected chi connectivity index (χ4v) is 3.63. The Bertz CT molecular complexity index is 859. The molecule has 6 heteroatoms. The summed E-state index contributed by atoms with van der Waals surface area (Å²) in [6, 6.07) is 12.5. The molecule has 0 radical (unpaired) electrons. The van der Waals surface area contributed by atoms with Crippen LogP contribution in [0.1, 0.15) is 38.8 Å². The lowest BCUT2D eigenvalue weighted by Gasteiger charge is -2.30. The predicted molar refractivity (Wildman–Crippen MR) is 103 cm³/mol. The Kier molecular flexibility index (Phi) is 5.22. The van der Waals surface area contributed by atoms with Crippen molar-refractivity contribution in [1.29, 1.82) is 0 Å². The molecule has 0 amide bonds. The van der Waals surface area contributed by atoms with E-state index in [9.17, 15) is 14.7 Å². The van der Waals surface area contributed by atoms with Crippen molar-refractivity contribution in [3.05, 3.63) is 48.0 Å². The lowest BCUT2D eigenvalue weighted by atomic mass is 10.00. The third kappa shape index (κ3) is 4.12. The molecule has 1 heterocycles. The third-order valence-corrected chi connectivity index (χ3v) is 4.86. The highest BCUT2D eigenvalue weighted by atomic mass is 16.6. The molecule has 2 aromatic carbocycles. The number of carboxylic acid groups (broad SMARTS) is 1. The second-order valence-electron chi connectivity index (χ2n) is 8.00. The van der Waals surface area contributed by atoms with E-state index in [0.29, 0.717) is 18.5 Å². The van der Waals surface area contributed by atoms with Crippen LogP contribution in [-0.2, 0) is 14.3 Å². The van der Waals surface area contributed by atoms with Crippen molar-refractivity contribution < 1.29 is 19.4 Å². The van der Waals surface area contributed by atoms with Gasteiger partial charge in [-0.1, -0.05) is 36.4 Å². The quantitative estimate of drug-likeness (QED) is 0.804. The number of aliphatic carboxylic acids is 1. The summed E-state index contributed by atoms with van der Waals surface area (Å²) in [5, 5.41) is 11.9. The van der Waals surface area contributed by atoms with E-state index < -0.39 is 29.7 Å². The van der Waals surface area contributed by atoms with Gasteiger partial charge in [0, 0.05) is 6.54 Å². The molecule has 144 valence electrons. The first kappa shape index (κ1) is 19.3. The van der Waals surface area contributed by atoms with Crippen LogP contribution in [-0.4, -0.2) is 40.3 Å². The first-order valence-corrected chi connectivity index (χ1v) is 9.13. The van der Waals surface area contributed by atoms with Crippen molar-refractivity contribution in [2.75, 3.05) is 6.54 Å². The normalized spacial score (nSPS) is 21.9. The average Bonchev–Trinajstić information content (AvgIpc) is 2.95. The van der Waals surface area contributed by atoms with E-state index >= 15 is 0 Å². The van der Waals surface area contributed by atoms with Gasteiger partial charge in [-0.15, -0.1) is 0 Å². The molecule has 2 aromatic rings. The van der Waals surface area contributed by atoms with Crippen LogP contribution < -0.4 is 5.73 Å². The van der Waals surface area contributed by atoms with E-state index in [1.54, 1.807) is 25.7 Å². The standard InChI is InChI=1S/C21H26N2O4/c1-21(2,3)27-20(26)16-10-11-23(18(16)22)17(19(24)25)15-9-8-13-6-4-5-7-14(13)12-15/h4-9,12,16-18H,10-11,22H2,1-3H3,(H,24,25)/t16-,17+,18+/m0/s1. The van der Waals surface area contributed by atoms with Gasteiger partial charge >= 0.3 is 11.9 Å². The van der Waals surface area contributed by atoms with Crippen LogP contribution in [0, 0.1) is 5.92 Å². The summed E-state index contributed by atoms with van der Waals surface area (Å²) in [4.78, 5) is 26.2. The van der Waals surface area contributed by atoms with Crippen molar-refractivity contribution in [3.8, 4) is 0 Å². The van der Waals surface area contributed by atoms with Gasteiger partial charge in [0.15, 0.2) is 0 Å². The lowest BCUT2D eigenvalue weighted by molar-refractivity contribution is -0.161. The summed E-state index contributed by atoms with van der Waals surface area (Å²) in [5.41, 5.74) is 6.35. The number of likely N-dealkylation sites (tertiary alicyclic amines) is 1. The molecule has 3 rings (SSSR count). The molecule has 3 N–H and O–H groups in total. The number of fused-ring (bicyclic) bond motifs is 1. The van der Waals surface area contributed by atoms with Gasteiger partial charge in [-0.05, 0) is 49.6 Å². The van der Waals surface area contributed by atoms with Gasteiger partial charge in [0.1, 0.15) is 11.6 Å². The Morgan fingerprint density at radius 2 is 1.85 bits per heavy atom. The Morgan fingerprint density at radius 1 is 1.19 bits per heavy atom. The number of esters is 1. The smallest absolute Gasteiger partial charge is 0.325 e. The molecule has 0 spiro atoms. The van der Waals surface area contributed by atoms with Gasteiger partial charge in [0.2, 0.25) is 0 Å². The van der Waals surface area contributed by atoms with E-state index in [0.717, 1.165) is 10.8 Å². The summed E-state index contributed by atoms with van der Waals surface area (Å²) < 4.78 is 5.45. The number of nitrogens with two attached hydrogens (primary N) is 1. The first-order valence-electron chi connectivity index (χ1n) is 9.13. The van der Waals surface area contributed by atoms with Crippen LogP contribution in [0.4, 0.5) is 0 Å². The molecule has 1 fully saturated rings. The maximum absolute atomic E-state index is 12.4. The van der Waals surface area contributed by atoms with Gasteiger partial charge in [0.05, 0.1) is 12.1 Å². The minimum Gasteiger partial charge on any atom is -0.480 e. The monoisotopic (exact) mass is 370 g/mol. The van der Waals surface area contributed by atoms with Gasteiger partial charge in [-0.3, -0.25) is 14.5 Å². The van der Waals surface area contributed by atoms with Gasteiger partial charge < -0.3 is 15.6 Å². The molecule has 1 aliphatic rings. The first-order chi connectivity index (χ1) is 12.7. The zero-order valence-corrected chi connectivity index (χ0v) is 15.9. The number of carboxylic acids is 1. The molecule has 0 unspecified atom stereocenters. The second-order valence-corrected chi connectivity index (χ2v) is 8.00. The largest absolute Gasteiger partial charge is 0.480 e. The number of carbonyl (C=O) groups is 2. The summed E-state index contributed by atoms with van der Waals surface area (Å²) >= 11 is 0. The number of hydrogen-bond acceptors (Lipinski definition) is 5. The summed E-state index contributed by atoms with van der Waals surface area (Å²) in [7, 11) is 0. The van der Waals surface area contributed by atoms with E-state index in [-0.39, 0.29) is 5.97 Å². The molecule has 1 saturated heterocycles. The lowest BCUT2D eigenvalue weighted by Crippen LogP contribution is -2.47. The number of carbonyl (C=O) groups excluding carboxylic acids is 1. The Morgan fingerprint density at radius 3 is 2.48 bits per heavy atom. The number of ether oxygens (including phenoxy) is 1. The summed E-state index contributed by atoms with van der Waals surface area (Å²) in [6.07, 6.45) is -0.222.